The average Bonchev–Trinajstić information content (AvgIpc) is 2.44. The van der Waals surface area contributed by atoms with Crippen molar-refractivity contribution in [3.63, 3.8) is 0 Å². The van der Waals surface area contributed by atoms with Crippen molar-refractivity contribution in [3.8, 4) is 0 Å². The van der Waals surface area contributed by atoms with E-state index in [-0.39, 0.29) is 5.66 Å². The van der Waals surface area contributed by atoms with Crippen LogP contribution in [0.25, 0.3) is 0 Å². The zero-order chi connectivity index (χ0) is 10.2. The Morgan fingerprint density at radius 3 is 2.50 bits per heavy atom. The zero-order valence-corrected chi connectivity index (χ0v) is 9.43. The topological polar surface area (TPSA) is 36.4 Å². The third kappa shape index (κ3) is 1.71. The van der Waals surface area contributed by atoms with Gasteiger partial charge in [-0.1, -0.05) is 13.8 Å². The Balaban J connectivity index is 2.16. The summed E-state index contributed by atoms with van der Waals surface area (Å²) in [6, 6.07) is 0.466. The van der Waals surface area contributed by atoms with Crippen molar-refractivity contribution >= 4 is 5.71 Å². The van der Waals surface area contributed by atoms with Crippen LogP contribution in [0.4, 0.5) is 0 Å². The first-order valence-electron chi connectivity index (χ1n) is 5.71. The molecule has 1 unspecified atom stereocenters. The van der Waals surface area contributed by atoms with Crippen LogP contribution in [0.3, 0.4) is 0 Å². The molecule has 0 amide bonds. The quantitative estimate of drug-likeness (QED) is 0.658. The third-order valence-corrected chi connectivity index (χ3v) is 3.29. The maximum Gasteiger partial charge on any atom is 0.113 e. The van der Waals surface area contributed by atoms with E-state index in [0.717, 1.165) is 25.9 Å². The number of nitrogens with zero attached hydrogens (tertiary/aromatic N) is 1. The van der Waals surface area contributed by atoms with Crippen LogP contribution in [0.1, 0.15) is 33.6 Å². The van der Waals surface area contributed by atoms with Gasteiger partial charge in [0, 0.05) is 11.8 Å². The Morgan fingerprint density at radius 1 is 1.36 bits per heavy atom. The molecule has 80 valence electrons. The predicted octanol–water partition coefficient (Wildman–Crippen LogP) is 1.15. The summed E-state index contributed by atoms with van der Waals surface area (Å²) in [5.74, 6) is 0.576. The Kier molecular flexibility index (Phi) is 2.62. The van der Waals surface area contributed by atoms with Crippen molar-refractivity contribution in [2.75, 3.05) is 13.1 Å². The molecule has 1 saturated heterocycles. The molecule has 0 bridgehead atoms. The van der Waals surface area contributed by atoms with Crippen LogP contribution in [0.15, 0.2) is 4.99 Å². The molecule has 0 saturated carbocycles. The highest BCUT2D eigenvalue weighted by Gasteiger charge is 2.39. The number of hydrogen-bond donors (Lipinski definition) is 2. The fraction of sp³-hybridized carbons (Fsp3) is 0.909. The number of aliphatic imine (C=N–C) groups is 1. The molecular formula is C11H21N3. The minimum absolute atomic E-state index is 0.0737. The summed E-state index contributed by atoms with van der Waals surface area (Å²) in [7, 11) is 0. The van der Waals surface area contributed by atoms with E-state index < -0.39 is 0 Å². The van der Waals surface area contributed by atoms with E-state index in [1.165, 1.54) is 5.71 Å². The van der Waals surface area contributed by atoms with Crippen molar-refractivity contribution in [2.45, 2.75) is 45.3 Å². The summed E-state index contributed by atoms with van der Waals surface area (Å²) >= 11 is 0. The standard InChI is InChI=1S/C11H21N3/c1-8(2)10-9(3)13-11(14-10)4-6-12-7-5-11/h8-9,12-13H,4-7H2,1-3H3. The molecule has 2 aliphatic heterocycles. The van der Waals surface area contributed by atoms with Gasteiger partial charge in [-0.3, -0.25) is 10.3 Å². The fourth-order valence-corrected chi connectivity index (χ4v) is 2.58. The molecule has 1 fully saturated rings. The van der Waals surface area contributed by atoms with Crippen LogP contribution in [-0.4, -0.2) is 30.5 Å². The first kappa shape index (κ1) is 10.1. The highest BCUT2D eigenvalue weighted by atomic mass is 15.2. The van der Waals surface area contributed by atoms with Gasteiger partial charge >= 0.3 is 0 Å². The summed E-state index contributed by atoms with van der Waals surface area (Å²) in [5, 5.41) is 7.04. The summed E-state index contributed by atoms with van der Waals surface area (Å²) in [5.41, 5.74) is 1.43. The first-order chi connectivity index (χ1) is 6.63. The Bertz CT molecular complexity index is 239. The van der Waals surface area contributed by atoms with Crippen molar-refractivity contribution in [1.29, 1.82) is 0 Å². The smallest absolute Gasteiger partial charge is 0.113 e. The molecule has 3 nitrogen and oxygen atoms in total. The highest BCUT2D eigenvalue weighted by Crippen LogP contribution is 2.27. The maximum absolute atomic E-state index is 4.93. The van der Waals surface area contributed by atoms with E-state index in [9.17, 15) is 0 Å². The van der Waals surface area contributed by atoms with Gasteiger partial charge in [0.1, 0.15) is 5.66 Å². The van der Waals surface area contributed by atoms with E-state index >= 15 is 0 Å². The first-order valence-corrected chi connectivity index (χ1v) is 5.71. The van der Waals surface area contributed by atoms with Gasteiger partial charge < -0.3 is 5.32 Å². The lowest BCUT2D eigenvalue weighted by Crippen LogP contribution is -2.50. The number of piperidine rings is 1. The monoisotopic (exact) mass is 195 g/mol. The van der Waals surface area contributed by atoms with Crippen LogP contribution in [0.5, 0.6) is 0 Å². The Morgan fingerprint density at radius 2 is 2.00 bits per heavy atom. The van der Waals surface area contributed by atoms with Crippen LogP contribution in [0, 0.1) is 5.92 Å². The minimum atomic E-state index is 0.0737. The van der Waals surface area contributed by atoms with Gasteiger partial charge in [-0.25, -0.2) is 0 Å². The molecule has 0 aliphatic carbocycles. The molecule has 1 spiro atoms. The van der Waals surface area contributed by atoms with Gasteiger partial charge in [-0.15, -0.1) is 0 Å². The van der Waals surface area contributed by atoms with E-state index in [1.807, 2.05) is 0 Å². The van der Waals surface area contributed by atoms with Gasteiger partial charge in [0.25, 0.3) is 0 Å². The molecular weight excluding hydrogens is 174 g/mol. The predicted molar refractivity (Wildman–Crippen MR) is 59.7 cm³/mol. The van der Waals surface area contributed by atoms with Gasteiger partial charge in [-0.2, -0.15) is 0 Å². The SMILES string of the molecule is CC(C)C1=NC2(CCNCC2)NC1C. The maximum atomic E-state index is 4.93. The van der Waals surface area contributed by atoms with E-state index in [4.69, 9.17) is 4.99 Å². The summed E-state index contributed by atoms with van der Waals surface area (Å²) in [4.78, 5) is 4.93. The molecule has 0 aromatic carbocycles. The number of rotatable bonds is 1. The lowest BCUT2D eigenvalue weighted by atomic mass is 9.99. The highest BCUT2D eigenvalue weighted by molar-refractivity contribution is 5.92. The van der Waals surface area contributed by atoms with Crippen molar-refractivity contribution in [3.05, 3.63) is 0 Å². The largest absolute Gasteiger partial charge is 0.316 e. The molecule has 2 N–H and O–H groups in total. The second-order valence-electron chi connectivity index (χ2n) is 4.84. The van der Waals surface area contributed by atoms with Crippen LogP contribution in [0.2, 0.25) is 0 Å². The summed E-state index contributed by atoms with van der Waals surface area (Å²) in [6.45, 7) is 8.88. The van der Waals surface area contributed by atoms with Crippen LogP contribution < -0.4 is 10.6 Å². The van der Waals surface area contributed by atoms with Gasteiger partial charge in [-0.05, 0) is 38.8 Å². The van der Waals surface area contributed by atoms with E-state index in [0.29, 0.717) is 12.0 Å². The molecule has 1 atom stereocenters. The summed E-state index contributed by atoms with van der Waals surface area (Å²) < 4.78 is 0. The second kappa shape index (κ2) is 3.63. The van der Waals surface area contributed by atoms with Crippen molar-refractivity contribution in [2.24, 2.45) is 10.9 Å². The molecule has 2 heterocycles. The lowest BCUT2D eigenvalue weighted by Gasteiger charge is -2.32. The molecule has 2 aliphatic rings. The normalized spacial score (nSPS) is 31.1. The minimum Gasteiger partial charge on any atom is -0.316 e. The zero-order valence-electron chi connectivity index (χ0n) is 9.43. The molecule has 3 heteroatoms. The Labute approximate surface area is 86.4 Å². The van der Waals surface area contributed by atoms with Gasteiger partial charge in [0.15, 0.2) is 0 Å². The Hall–Kier alpha value is -0.410. The molecule has 2 rings (SSSR count). The molecule has 0 aromatic rings. The second-order valence-corrected chi connectivity index (χ2v) is 4.84. The third-order valence-electron chi connectivity index (χ3n) is 3.29. The lowest BCUT2D eigenvalue weighted by molar-refractivity contribution is 0.266. The number of hydrogen-bond acceptors (Lipinski definition) is 3. The fourth-order valence-electron chi connectivity index (χ4n) is 2.58. The van der Waals surface area contributed by atoms with Gasteiger partial charge in [0.2, 0.25) is 0 Å². The average molecular weight is 195 g/mol. The number of nitrogens with one attached hydrogen (secondary N) is 2. The van der Waals surface area contributed by atoms with Crippen LogP contribution >= 0.6 is 0 Å². The van der Waals surface area contributed by atoms with E-state index in [2.05, 4.69) is 31.4 Å². The van der Waals surface area contributed by atoms with Crippen LogP contribution in [-0.2, 0) is 0 Å². The molecule has 14 heavy (non-hydrogen) atoms. The van der Waals surface area contributed by atoms with Gasteiger partial charge in [0.05, 0.1) is 0 Å². The molecule has 0 aromatic heterocycles. The van der Waals surface area contributed by atoms with E-state index in [1.54, 1.807) is 0 Å². The summed E-state index contributed by atoms with van der Waals surface area (Å²) in [6.07, 6.45) is 2.26. The van der Waals surface area contributed by atoms with Crippen molar-refractivity contribution < 1.29 is 0 Å². The molecule has 0 radical (unpaired) electrons. The van der Waals surface area contributed by atoms with Crippen molar-refractivity contribution in [1.82, 2.24) is 10.6 Å².